The molecule has 0 N–H and O–H groups in total. The molecule has 2 aromatic rings. The fourth-order valence-electron chi connectivity index (χ4n) is 3.84. The standard InChI is InChI=1S/C21H29N3O3/c1-5-19-17(16-8-6-7-9-20(16)27-19)13-24-11-10-22(3)18(14-24)21(26)23(4)12-15(2)25/h6-9,18H,5,10-14H2,1-4H3. The van der Waals surface area contributed by atoms with Gasteiger partial charge in [-0.15, -0.1) is 0 Å². The molecule has 6 heteroatoms. The molecule has 27 heavy (non-hydrogen) atoms. The number of hydrogen-bond donors (Lipinski definition) is 0. The zero-order valence-corrected chi connectivity index (χ0v) is 16.7. The van der Waals surface area contributed by atoms with Crippen molar-refractivity contribution in [3.63, 3.8) is 0 Å². The summed E-state index contributed by atoms with van der Waals surface area (Å²) in [5.41, 5.74) is 2.15. The minimum Gasteiger partial charge on any atom is -0.461 e. The van der Waals surface area contributed by atoms with Gasteiger partial charge in [-0.2, -0.15) is 0 Å². The summed E-state index contributed by atoms with van der Waals surface area (Å²) < 4.78 is 6.02. The lowest BCUT2D eigenvalue weighted by Crippen LogP contribution is -2.57. The molecule has 1 saturated heterocycles. The number of likely N-dealkylation sites (N-methyl/N-ethyl adjacent to an activating group) is 2. The molecule has 0 saturated carbocycles. The van der Waals surface area contributed by atoms with Crippen LogP contribution in [0.15, 0.2) is 28.7 Å². The van der Waals surface area contributed by atoms with Gasteiger partial charge in [0.15, 0.2) is 0 Å². The fraction of sp³-hybridized carbons (Fsp3) is 0.524. The van der Waals surface area contributed by atoms with Gasteiger partial charge in [0, 0.05) is 50.6 Å². The van der Waals surface area contributed by atoms with Crippen LogP contribution in [0.2, 0.25) is 0 Å². The van der Waals surface area contributed by atoms with Gasteiger partial charge in [0.05, 0.1) is 6.54 Å². The molecule has 1 unspecified atom stereocenters. The van der Waals surface area contributed by atoms with Gasteiger partial charge in [0.2, 0.25) is 5.91 Å². The molecule has 1 amide bonds. The van der Waals surface area contributed by atoms with Crippen molar-refractivity contribution >= 4 is 22.7 Å². The topological polar surface area (TPSA) is 57.0 Å². The van der Waals surface area contributed by atoms with E-state index in [0.29, 0.717) is 6.54 Å². The van der Waals surface area contributed by atoms with Crippen LogP contribution in [0.4, 0.5) is 0 Å². The number of carbonyl (C=O) groups is 2. The zero-order valence-electron chi connectivity index (χ0n) is 16.7. The number of para-hydroxylation sites is 1. The normalized spacial score (nSPS) is 18.7. The molecule has 6 nitrogen and oxygen atoms in total. The van der Waals surface area contributed by atoms with Crippen molar-refractivity contribution < 1.29 is 14.0 Å². The lowest BCUT2D eigenvalue weighted by molar-refractivity contribution is -0.140. The average Bonchev–Trinajstić information content (AvgIpc) is 3.00. The number of aryl methyl sites for hydroxylation is 1. The van der Waals surface area contributed by atoms with Gasteiger partial charge in [-0.3, -0.25) is 19.4 Å². The van der Waals surface area contributed by atoms with Gasteiger partial charge in [-0.1, -0.05) is 25.1 Å². The van der Waals surface area contributed by atoms with E-state index in [1.165, 1.54) is 17.4 Å². The van der Waals surface area contributed by atoms with Crippen LogP contribution in [0.3, 0.4) is 0 Å². The zero-order chi connectivity index (χ0) is 19.6. The summed E-state index contributed by atoms with van der Waals surface area (Å²) in [7, 11) is 3.68. The minimum atomic E-state index is -0.230. The number of Topliss-reactive ketones (excluding diaryl/α,β-unsaturated/α-hetero) is 1. The summed E-state index contributed by atoms with van der Waals surface area (Å²) in [4.78, 5) is 30.1. The van der Waals surface area contributed by atoms with Crippen molar-refractivity contribution in [1.82, 2.24) is 14.7 Å². The number of nitrogens with zero attached hydrogens (tertiary/aromatic N) is 3. The van der Waals surface area contributed by atoms with E-state index in [1.54, 1.807) is 7.05 Å². The van der Waals surface area contributed by atoms with Crippen LogP contribution >= 0.6 is 0 Å². The molecule has 0 bridgehead atoms. The second-order valence-electron chi connectivity index (χ2n) is 7.48. The third-order valence-corrected chi connectivity index (χ3v) is 5.34. The Labute approximate surface area is 160 Å². The summed E-state index contributed by atoms with van der Waals surface area (Å²) >= 11 is 0. The predicted octanol–water partition coefficient (Wildman–Crippen LogP) is 2.16. The minimum absolute atomic E-state index is 0.00127. The molecule has 1 aromatic carbocycles. The van der Waals surface area contributed by atoms with E-state index in [0.717, 1.165) is 42.8 Å². The Kier molecular flexibility index (Phi) is 5.97. The highest BCUT2D eigenvalue weighted by Crippen LogP contribution is 2.28. The number of furan rings is 1. The van der Waals surface area contributed by atoms with Crippen LogP contribution in [0, 0.1) is 0 Å². The molecular weight excluding hydrogens is 342 g/mol. The van der Waals surface area contributed by atoms with Crippen LogP contribution in [0.1, 0.15) is 25.2 Å². The largest absolute Gasteiger partial charge is 0.461 e. The summed E-state index contributed by atoms with van der Waals surface area (Å²) in [6, 6.07) is 7.90. The number of ketones is 1. The maximum Gasteiger partial charge on any atom is 0.241 e. The molecule has 146 valence electrons. The van der Waals surface area contributed by atoms with E-state index >= 15 is 0 Å². The Morgan fingerprint density at radius 2 is 2.00 bits per heavy atom. The summed E-state index contributed by atoms with van der Waals surface area (Å²) in [5, 5.41) is 1.16. The number of piperazine rings is 1. The van der Waals surface area contributed by atoms with Crippen molar-refractivity contribution in [2.24, 2.45) is 0 Å². The highest BCUT2D eigenvalue weighted by atomic mass is 16.3. The maximum atomic E-state index is 12.8. The Morgan fingerprint density at radius 1 is 1.26 bits per heavy atom. The smallest absolute Gasteiger partial charge is 0.241 e. The molecule has 1 fully saturated rings. The molecule has 1 aliphatic rings. The van der Waals surface area contributed by atoms with E-state index in [1.807, 2.05) is 25.2 Å². The maximum absolute atomic E-state index is 12.8. The third-order valence-electron chi connectivity index (χ3n) is 5.34. The summed E-state index contributed by atoms with van der Waals surface area (Å²) in [5.74, 6) is 1.02. The fourth-order valence-corrected chi connectivity index (χ4v) is 3.84. The van der Waals surface area contributed by atoms with Crippen LogP contribution in [0.5, 0.6) is 0 Å². The molecule has 0 radical (unpaired) electrons. The quantitative estimate of drug-likeness (QED) is 0.779. The van der Waals surface area contributed by atoms with Gasteiger partial charge in [0.1, 0.15) is 23.2 Å². The van der Waals surface area contributed by atoms with Crippen LogP contribution < -0.4 is 0 Å². The Hall–Kier alpha value is -2.18. The lowest BCUT2D eigenvalue weighted by atomic mass is 10.1. The first-order valence-corrected chi connectivity index (χ1v) is 9.57. The van der Waals surface area contributed by atoms with Gasteiger partial charge in [-0.25, -0.2) is 0 Å². The third kappa shape index (κ3) is 4.22. The molecule has 0 aliphatic carbocycles. The molecule has 1 aliphatic heterocycles. The number of amides is 1. The monoisotopic (exact) mass is 371 g/mol. The Balaban J connectivity index is 1.77. The van der Waals surface area contributed by atoms with E-state index in [2.05, 4.69) is 22.8 Å². The van der Waals surface area contributed by atoms with E-state index in [4.69, 9.17) is 4.42 Å². The second kappa shape index (κ2) is 8.23. The summed E-state index contributed by atoms with van der Waals surface area (Å²) in [6.07, 6.45) is 0.849. The molecule has 1 atom stereocenters. The molecule has 3 rings (SSSR count). The van der Waals surface area contributed by atoms with Crippen molar-refractivity contribution in [3.05, 3.63) is 35.6 Å². The highest BCUT2D eigenvalue weighted by Gasteiger charge is 2.32. The van der Waals surface area contributed by atoms with Crippen LogP contribution in [-0.2, 0) is 22.6 Å². The molecule has 1 aromatic heterocycles. The van der Waals surface area contributed by atoms with Gasteiger partial charge in [0.25, 0.3) is 0 Å². The Morgan fingerprint density at radius 3 is 2.70 bits per heavy atom. The SMILES string of the molecule is CCc1oc2ccccc2c1CN1CCN(C)C(C(=O)N(C)CC(C)=O)C1. The van der Waals surface area contributed by atoms with E-state index < -0.39 is 0 Å². The van der Waals surface area contributed by atoms with Crippen molar-refractivity contribution in [2.75, 3.05) is 40.3 Å². The van der Waals surface area contributed by atoms with E-state index in [9.17, 15) is 9.59 Å². The van der Waals surface area contributed by atoms with Gasteiger partial charge >= 0.3 is 0 Å². The number of benzene rings is 1. The van der Waals surface area contributed by atoms with Gasteiger partial charge < -0.3 is 9.32 Å². The first-order valence-electron chi connectivity index (χ1n) is 9.57. The number of carbonyl (C=O) groups excluding carboxylic acids is 2. The molecular formula is C21H29N3O3. The summed E-state index contributed by atoms with van der Waals surface area (Å²) in [6.45, 7) is 6.93. The van der Waals surface area contributed by atoms with Crippen molar-refractivity contribution in [1.29, 1.82) is 0 Å². The van der Waals surface area contributed by atoms with E-state index in [-0.39, 0.29) is 24.3 Å². The second-order valence-corrected chi connectivity index (χ2v) is 7.48. The Bertz CT molecular complexity index is 829. The van der Waals surface area contributed by atoms with Gasteiger partial charge in [-0.05, 0) is 20.0 Å². The van der Waals surface area contributed by atoms with Crippen molar-refractivity contribution in [2.45, 2.75) is 32.9 Å². The van der Waals surface area contributed by atoms with Crippen molar-refractivity contribution in [3.8, 4) is 0 Å². The number of hydrogen-bond acceptors (Lipinski definition) is 5. The highest BCUT2D eigenvalue weighted by molar-refractivity contribution is 5.87. The molecule has 0 spiro atoms. The lowest BCUT2D eigenvalue weighted by Gasteiger charge is -2.39. The number of fused-ring (bicyclic) bond motifs is 1. The van der Waals surface area contributed by atoms with Crippen LogP contribution in [-0.4, -0.2) is 72.7 Å². The van der Waals surface area contributed by atoms with Crippen LogP contribution in [0.25, 0.3) is 11.0 Å². The first kappa shape index (κ1) is 19.6. The first-order chi connectivity index (χ1) is 12.9. The average molecular weight is 371 g/mol. The predicted molar refractivity (Wildman–Crippen MR) is 106 cm³/mol. The number of rotatable bonds is 6. The molecule has 2 heterocycles.